The molecule has 7 heteroatoms. The molecule has 1 atom stereocenters. The Bertz CT molecular complexity index is 437. The highest BCUT2D eigenvalue weighted by molar-refractivity contribution is 6.35. The Labute approximate surface area is 102 Å². The number of amides is 1. The number of hydrogen-bond donors (Lipinski definition) is 1. The second-order valence-electron chi connectivity index (χ2n) is 3.03. The van der Waals surface area contributed by atoms with Crippen LogP contribution in [0.1, 0.15) is 6.92 Å². The van der Waals surface area contributed by atoms with Crippen molar-refractivity contribution in [3.8, 4) is 0 Å². The Morgan fingerprint density at radius 2 is 2.00 bits per heavy atom. The summed E-state index contributed by atoms with van der Waals surface area (Å²) in [6.07, 6.45) is 0. The molecule has 1 rings (SSSR count). The number of anilines is 1. The molecule has 0 bridgehead atoms. The number of hydrogen-bond acceptors (Lipinski definition) is 2. The van der Waals surface area contributed by atoms with Crippen LogP contribution in [0, 0.1) is 0 Å². The summed E-state index contributed by atoms with van der Waals surface area (Å²) in [5.74, 6) is -0.420. The smallest absolute Gasteiger partial charge is 0.233 e. The number of rotatable bonds is 3. The Morgan fingerprint density at radius 3 is 2.50 bits per heavy atom. The van der Waals surface area contributed by atoms with E-state index >= 15 is 0 Å². The molecule has 0 aliphatic carbocycles. The van der Waals surface area contributed by atoms with Crippen molar-refractivity contribution >= 4 is 34.8 Å². The van der Waals surface area contributed by atoms with Gasteiger partial charge in [-0.3, -0.25) is 4.79 Å². The number of nitrogens with one attached hydrogen (secondary N) is 1. The molecule has 0 saturated heterocycles. The van der Waals surface area contributed by atoms with Crippen molar-refractivity contribution in [2.45, 2.75) is 13.0 Å². The molecule has 0 aromatic heterocycles. The van der Waals surface area contributed by atoms with Gasteiger partial charge in [0.25, 0.3) is 0 Å². The molecule has 0 aliphatic heterocycles. The third-order valence-corrected chi connectivity index (χ3v) is 2.17. The highest BCUT2D eigenvalue weighted by Gasteiger charge is 2.11. The molecule has 0 saturated carbocycles. The van der Waals surface area contributed by atoms with Gasteiger partial charge in [0.15, 0.2) is 0 Å². The highest BCUT2D eigenvalue weighted by atomic mass is 35.5. The first-order valence-corrected chi connectivity index (χ1v) is 5.09. The summed E-state index contributed by atoms with van der Waals surface area (Å²) in [4.78, 5) is 14.0. The van der Waals surface area contributed by atoms with Crippen molar-refractivity contribution in [3.05, 3.63) is 38.7 Å². The lowest BCUT2D eigenvalue weighted by molar-refractivity contribution is -0.117. The molecule has 1 N–H and O–H groups in total. The minimum absolute atomic E-state index is 0.416. The van der Waals surface area contributed by atoms with Crippen LogP contribution < -0.4 is 5.32 Å². The first kappa shape index (κ1) is 12.6. The van der Waals surface area contributed by atoms with Crippen LogP contribution in [0.3, 0.4) is 0 Å². The summed E-state index contributed by atoms with van der Waals surface area (Å²) >= 11 is 11.5. The molecule has 0 aliphatic rings. The van der Waals surface area contributed by atoms with Gasteiger partial charge in [0.1, 0.15) is 6.04 Å². The van der Waals surface area contributed by atoms with Gasteiger partial charge in [0.2, 0.25) is 5.91 Å². The van der Waals surface area contributed by atoms with E-state index in [1.54, 1.807) is 18.2 Å². The monoisotopic (exact) mass is 258 g/mol. The summed E-state index contributed by atoms with van der Waals surface area (Å²) < 4.78 is 0. The first-order valence-electron chi connectivity index (χ1n) is 4.34. The molecule has 5 nitrogen and oxygen atoms in total. The molecule has 0 radical (unpaired) electrons. The van der Waals surface area contributed by atoms with Crippen molar-refractivity contribution in [2.24, 2.45) is 5.11 Å². The zero-order chi connectivity index (χ0) is 12.1. The number of nitrogens with zero attached hydrogens (tertiary/aromatic N) is 3. The van der Waals surface area contributed by atoms with Gasteiger partial charge < -0.3 is 5.32 Å². The standard InChI is InChI=1S/C9H8Cl2N4O/c1-5(14-15-12)9(16)13-8-3-6(10)2-7(11)4-8/h2-5H,1H3,(H,13,16). The van der Waals surface area contributed by atoms with Crippen LogP contribution in [0.2, 0.25) is 10.0 Å². The third-order valence-electron chi connectivity index (χ3n) is 1.73. The highest BCUT2D eigenvalue weighted by Crippen LogP contribution is 2.22. The first-order chi connectivity index (χ1) is 7.52. The van der Waals surface area contributed by atoms with Crippen molar-refractivity contribution < 1.29 is 4.79 Å². The zero-order valence-corrected chi connectivity index (χ0v) is 9.83. The molecular formula is C9H8Cl2N4O. The van der Waals surface area contributed by atoms with E-state index < -0.39 is 11.9 Å². The lowest BCUT2D eigenvalue weighted by Gasteiger charge is -2.08. The quantitative estimate of drug-likeness (QED) is 0.502. The van der Waals surface area contributed by atoms with Crippen LogP contribution in [0.25, 0.3) is 10.4 Å². The van der Waals surface area contributed by atoms with Gasteiger partial charge in [-0.2, -0.15) is 0 Å². The fourth-order valence-corrected chi connectivity index (χ4v) is 1.53. The Hall–Kier alpha value is -1.42. The minimum Gasteiger partial charge on any atom is -0.326 e. The molecular weight excluding hydrogens is 251 g/mol. The van der Waals surface area contributed by atoms with Gasteiger partial charge in [-0.15, -0.1) is 0 Å². The van der Waals surface area contributed by atoms with E-state index in [0.717, 1.165) is 0 Å². The molecule has 0 fully saturated rings. The molecule has 16 heavy (non-hydrogen) atoms. The lowest BCUT2D eigenvalue weighted by atomic mass is 10.3. The fourth-order valence-electron chi connectivity index (χ4n) is 1.00. The van der Waals surface area contributed by atoms with Gasteiger partial charge in [-0.05, 0) is 30.7 Å². The van der Waals surface area contributed by atoms with Crippen LogP contribution in [0.15, 0.2) is 23.3 Å². The molecule has 1 aromatic carbocycles. The van der Waals surface area contributed by atoms with Crippen LogP contribution in [-0.4, -0.2) is 11.9 Å². The summed E-state index contributed by atoms with van der Waals surface area (Å²) in [6, 6.07) is 3.86. The lowest BCUT2D eigenvalue weighted by Crippen LogP contribution is -2.22. The average molecular weight is 259 g/mol. The van der Waals surface area contributed by atoms with Crippen molar-refractivity contribution in [3.63, 3.8) is 0 Å². The van der Waals surface area contributed by atoms with Gasteiger partial charge in [-0.25, -0.2) is 0 Å². The van der Waals surface area contributed by atoms with Crippen LogP contribution in [0.5, 0.6) is 0 Å². The molecule has 84 valence electrons. The predicted octanol–water partition coefficient (Wildman–Crippen LogP) is 3.63. The van der Waals surface area contributed by atoms with Crippen molar-refractivity contribution in [1.29, 1.82) is 0 Å². The summed E-state index contributed by atoms with van der Waals surface area (Å²) in [5.41, 5.74) is 8.64. The zero-order valence-electron chi connectivity index (χ0n) is 8.32. The van der Waals surface area contributed by atoms with E-state index in [-0.39, 0.29) is 0 Å². The van der Waals surface area contributed by atoms with E-state index in [9.17, 15) is 4.79 Å². The van der Waals surface area contributed by atoms with Gasteiger partial charge in [0, 0.05) is 20.6 Å². The number of halogens is 2. The van der Waals surface area contributed by atoms with E-state index in [0.29, 0.717) is 15.7 Å². The normalized spacial score (nSPS) is 11.4. The van der Waals surface area contributed by atoms with Crippen molar-refractivity contribution in [1.82, 2.24) is 0 Å². The number of benzene rings is 1. The Balaban J connectivity index is 2.80. The second-order valence-corrected chi connectivity index (χ2v) is 3.90. The number of azide groups is 1. The van der Waals surface area contributed by atoms with Crippen molar-refractivity contribution in [2.75, 3.05) is 5.32 Å². The minimum atomic E-state index is -0.789. The SMILES string of the molecule is CC(N=[N+]=[N-])C(=O)Nc1cc(Cl)cc(Cl)c1. The summed E-state index contributed by atoms with van der Waals surface area (Å²) in [5, 5.41) is 6.64. The molecule has 1 aromatic rings. The summed E-state index contributed by atoms with van der Waals surface area (Å²) in [7, 11) is 0. The Morgan fingerprint density at radius 1 is 1.44 bits per heavy atom. The predicted molar refractivity (Wildman–Crippen MR) is 63.7 cm³/mol. The fraction of sp³-hybridized carbons (Fsp3) is 0.222. The average Bonchev–Trinajstić information content (AvgIpc) is 2.16. The van der Waals surface area contributed by atoms with E-state index in [1.807, 2.05) is 0 Å². The van der Waals surface area contributed by atoms with Crippen LogP contribution in [0.4, 0.5) is 5.69 Å². The topological polar surface area (TPSA) is 77.9 Å². The van der Waals surface area contributed by atoms with E-state index in [1.165, 1.54) is 6.92 Å². The third kappa shape index (κ3) is 3.62. The number of carbonyl (C=O) groups excluding carboxylic acids is 1. The Kier molecular flexibility index (Phi) is 4.43. The largest absolute Gasteiger partial charge is 0.326 e. The van der Waals surface area contributed by atoms with Gasteiger partial charge in [-0.1, -0.05) is 28.3 Å². The number of carbonyl (C=O) groups is 1. The molecule has 0 heterocycles. The van der Waals surface area contributed by atoms with Crippen LogP contribution >= 0.6 is 23.2 Å². The maximum atomic E-state index is 11.5. The maximum Gasteiger partial charge on any atom is 0.233 e. The van der Waals surface area contributed by atoms with Gasteiger partial charge >= 0.3 is 0 Å². The maximum absolute atomic E-state index is 11.5. The second kappa shape index (κ2) is 5.61. The molecule has 1 amide bonds. The summed E-state index contributed by atoms with van der Waals surface area (Å²) in [6.45, 7) is 1.49. The van der Waals surface area contributed by atoms with E-state index in [4.69, 9.17) is 28.7 Å². The molecule has 1 unspecified atom stereocenters. The van der Waals surface area contributed by atoms with Crippen LogP contribution in [-0.2, 0) is 4.79 Å². The molecule has 0 spiro atoms. The van der Waals surface area contributed by atoms with E-state index in [2.05, 4.69) is 15.3 Å². The van der Waals surface area contributed by atoms with Gasteiger partial charge in [0.05, 0.1) is 0 Å².